The molecular weight excluding hydrogens is 1910 g/mol. The molecular formula is C66H96N12O36P12. The first kappa shape index (κ1) is 107. The fourth-order valence-corrected chi connectivity index (χ4v) is 28.3. The number of aromatic nitrogens is 12. The summed E-state index contributed by atoms with van der Waals surface area (Å²) in [7, 11) is -58.5. The van der Waals surface area contributed by atoms with Crippen LogP contribution in [0.4, 0.5) is 0 Å². The lowest BCUT2D eigenvalue weighted by atomic mass is 10.2. The van der Waals surface area contributed by atoms with Crippen molar-refractivity contribution >= 4 is 156 Å². The molecule has 126 heavy (non-hydrogen) atoms. The van der Waals surface area contributed by atoms with Crippen molar-refractivity contribution in [3.8, 4) is 0 Å². The van der Waals surface area contributed by atoms with Gasteiger partial charge in [-0.15, -0.1) is 0 Å². The normalized spacial score (nSPS) is 18.4. The van der Waals surface area contributed by atoms with Gasteiger partial charge in [0.2, 0.25) is 44.2 Å². The molecule has 0 bridgehead atoms. The molecule has 24 N–H and O–H groups in total. The molecule has 0 amide bonds. The Hall–Kier alpha value is -6.06. The molecule has 6 heterocycles. The Balaban J connectivity index is 0.000000207. The summed E-state index contributed by atoms with van der Waals surface area (Å²) in [6.07, 6.45) is 7.61. The molecule has 696 valence electrons. The number of rotatable bonds is 24. The van der Waals surface area contributed by atoms with Gasteiger partial charge >= 0.3 is 45.6 Å². The van der Waals surface area contributed by atoms with E-state index in [1.165, 1.54) is 65.4 Å². The zero-order valence-corrected chi connectivity index (χ0v) is 79.2. The van der Waals surface area contributed by atoms with E-state index in [1.54, 1.807) is 97.9 Å². The molecule has 12 rings (SSSR count). The van der Waals surface area contributed by atoms with E-state index in [2.05, 4.69) is 29.9 Å². The lowest BCUT2D eigenvalue weighted by molar-refractivity contribution is 0.133. The summed E-state index contributed by atoms with van der Waals surface area (Å²) in [5, 5.41) is 42.6. The number of nitrogens with zero attached hydrogens (tertiary/aromatic N) is 12. The van der Waals surface area contributed by atoms with Gasteiger partial charge in [-0.1, -0.05) is 54.6 Å². The lowest BCUT2D eigenvalue weighted by Crippen LogP contribution is -2.33. The number of imidazole rings is 6. The second-order valence-electron chi connectivity index (χ2n) is 30.2. The van der Waals surface area contributed by atoms with Gasteiger partial charge in [0.1, 0.15) is 0 Å². The number of para-hydroxylation sites is 3. The van der Waals surface area contributed by atoms with E-state index in [0.29, 0.717) is 66.2 Å². The molecule has 0 spiro atoms. The molecule has 12 unspecified atom stereocenters. The first-order chi connectivity index (χ1) is 56.8. The summed E-state index contributed by atoms with van der Waals surface area (Å²) >= 11 is 0. The second kappa shape index (κ2) is 37.5. The van der Waals surface area contributed by atoms with Crippen LogP contribution in [0.3, 0.4) is 0 Å². The lowest BCUT2D eigenvalue weighted by Gasteiger charge is -2.31. The zero-order valence-electron chi connectivity index (χ0n) is 68.5. The van der Waals surface area contributed by atoms with Crippen molar-refractivity contribution in [2.45, 2.75) is 111 Å². The Morgan fingerprint density at radius 1 is 0.246 bits per heavy atom. The molecule has 0 radical (unpaired) electrons. The minimum Gasteiger partial charge on any atom is -0.368 e. The molecule has 12 aromatic rings. The third-order valence-electron chi connectivity index (χ3n) is 20.0. The van der Waals surface area contributed by atoms with Gasteiger partial charge < -0.3 is 146 Å². The SMILES string of the molecule is Cc1ccc2c(c1)ncn2CC(O)(P(C)(=O)O)P(=O)(O)O.Cc1ccc2c(c1)ncn2CC(O)(P(C)(=O)O)P(=O)(O)O.Cc1ccc2ncn(CC(O)(P(C)(=O)O)P(=O)(O)O)c2c1.Cc1cccc2c1ncn2CC(O)(P(C)(=O)O)P(=O)(O)O.Cc1cccc2c1ncn2CC(O)(P(C)(=O)O)P(=O)(O)O.Cc1cccc2ncn(CC(O)(P(C)(=O)O)P(=O)(O)O)c12. The van der Waals surface area contributed by atoms with Crippen LogP contribution in [-0.2, 0) is 94.0 Å². The maximum Gasteiger partial charge on any atom is 0.368 e. The predicted molar refractivity (Wildman–Crippen MR) is 463 cm³/mol. The molecule has 12 atom stereocenters. The third-order valence-corrected chi connectivity index (χ3v) is 46.6. The molecule has 0 fully saturated rings. The molecule has 48 nitrogen and oxygen atoms in total. The van der Waals surface area contributed by atoms with E-state index in [0.717, 1.165) is 73.4 Å². The highest BCUT2D eigenvalue weighted by Crippen LogP contribution is 2.73. The highest BCUT2D eigenvalue weighted by atomic mass is 31.3. The standard InChI is InChI=1S/6C11H16N2O6P2/c2*1-8-3-4-10-9(5-8)12-7-13(10)6-11(14,20(2,15)16)21(17,18)19;1-8-3-4-9-10(5-8)13(7-12-9)6-11(14,20(2,15)16)21(17,18)19;2*1-8-4-3-5-9-10(8)12-7-13(9)6-11(14,20(2,15)16)21(17,18)19;1-8-4-3-5-9-10(8)13(7-12-9)6-11(14,20(2,15)16)21(17,18)19/h6*3-5,7,14H,6H2,1-2H3,(H,15,16)(H2,17,18,19). The Morgan fingerprint density at radius 3 is 0.778 bits per heavy atom. The topological polar surface area (TPSA) is 797 Å². The maximum absolute atomic E-state index is 11.8. The molecule has 0 aliphatic carbocycles. The summed E-state index contributed by atoms with van der Waals surface area (Å²) in [6.45, 7) is 10.8. The first-order valence-electron chi connectivity index (χ1n) is 35.7. The number of fused-ring (bicyclic) bond motifs is 6. The highest BCUT2D eigenvalue weighted by Gasteiger charge is 2.62. The number of benzene rings is 6. The van der Waals surface area contributed by atoms with Crippen molar-refractivity contribution in [1.82, 2.24) is 57.3 Å². The van der Waals surface area contributed by atoms with Gasteiger partial charge in [-0.3, -0.25) is 54.8 Å². The Morgan fingerprint density at radius 2 is 0.476 bits per heavy atom. The molecule has 6 aromatic heterocycles. The van der Waals surface area contributed by atoms with Gasteiger partial charge in [0.15, 0.2) is 0 Å². The number of aliphatic hydroxyl groups is 6. The van der Waals surface area contributed by atoms with Crippen LogP contribution in [0.1, 0.15) is 33.4 Å². The van der Waals surface area contributed by atoms with Gasteiger partial charge in [0, 0.05) is 40.0 Å². The highest BCUT2D eigenvalue weighted by molar-refractivity contribution is 7.77. The summed E-state index contributed by atoms with van der Waals surface area (Å²) < 4.78 is 147. The second-order valence-corrected chi connectivity index (χ2v) is 58.3. The molecule has 0 aliphatic rings. The Bertz CT molecular complexity index is 6220. The van der Waals surface area contributed by atoms with Crippen molar-refractivity contribution in [3.05, 3.63) is 181 Å². The van der Waals surface area contributed by atoms with Gasteiger partial charge in [-0.05, 0) is 130 Å². The molecule has 0 aliphatic heterocycles. The van der Waals surface area contributed by atoms with E-state index in [1.807, 2.05) is 52.8 Å². The predicted octanol–water partition coefficient (Wildman–Crippen LogP) is 6.41. The number of hydrogen-bond donors (Lipinski definition) is 24. The average Bonchev–Trinajstić information content (AvgIpc) is 1.19. The monoisotopic (exact) mass is 2000 g/mol. The molecule has 60 heteroatoms. The van der Waals surface area contributed by atoms with Crippen molar-refractivity contribution in [2.75, 3.05) is 40.0 Å². The van der Waals surface area contributed by atoms with Crippen LogP contribution < -0.4 is 0 Å². The number of hydrogen-bond acceptors (Lipinski definition) is 24. The van der Waals surface area contributed by atoms with Crippen LogP contribution >= 0.6 is 89.8 Å². The average molecular weight is 2010 g/mol. The molecule has 6 aromatic carbocycles. The van der Waals surface area contributed by atoms with Crippen LogP contribution in [0.5, 0.6) is 0 Å². The van der Waals surface area contributed by atoms with Gasteiger partial charge in [0.05, 0.1) is 143 Å². The first-order valence-corrected chi connectivity index (χ1v) is 58.1. The van der Waals surface area contributed by atoms with Crippen LogP contribution in [-0.4, -0.2) is 247 Å². The minimum atomic E-state index is -5.25. The molecule has 0 saturated heterocycles. The maximum atomic E-state index is 11.8. The van der Waals surface area contributed by atoms with Crippen LogP contribution in [0.25, 0.3) is 66.2 Å². The van der Waals surface area contributed by atoms with E-state index >= 15 is 0 Å². The Labute approximate surface area is 715 Å². The zero-order chi connectivity index (χ0) is 96.3. The largest absolute Gasteiger partial charge is 0.368 e. The van der Waals surface area contributed by atoms with Crippen LogP contribution in [0, 0.1) is 41.5 Å². The van der Waals surface area contributed by atoms with Crippen molar-refractivity contribution in [2.24, 2.45) is 0 Å². The van der Waals surface area contributed by atoms with Crippen molar-refractivity contribution in [1.29, 1.82) is 0 Å². The quantitative estimate of drug-likeness (QED) is 0.0290. The van der Waals surface area contributed by atoms with E-state index in [4.69, 9.17) is 0 Å². The smallest absolute Gasteiger partial charge is 0.368 e. The van der Waals surface area contributed by atoms with Crippen LogP contribution in [0.2, 0.25) is 0 Å². The van der Waals surface area contributed by atoms with Gasteiger partial charge in [-0.2, -0.15) is 0 Å². The number of aryl methyl sites for hydroxylation is 6. The van der Waals surface area contributed by atoms with E-state index in [9.17, 15) is 174 Å². The Kier molecular flexibility index (Phi) is 31.9. The summed E-state index contributed by atoms with van der Waals surface area (Å²) in [5.74, 6) is 0. The van der Waals surface area contributed by atoms with Gasteiger partial charge in [-0.25, -0.2) is 29.9 Å². The summed E-state index contributed by atoms with van der Waals surface area (Å²) in [5.41, 5.74) is 11.7. The van der Waals surface area contributed by atoms with E-state index < -0.39 is 160 Å². The van der Waals surface area contributed by atoms with Gasteiger partial charge in [0.25, 0.3) is 30.5 Å². The summed E-state index contributed by atoms with van der Waals surface area (Å²) in [4.78, 5) is 193. The molecule has 0 saturated carbocycles. The van der Waals surface area contributed by atoms with Crippen molar-refractivity contribution < 1.29 is 174 Å². The minimum absolute atomic E-state index is 0.501. The summed E-state index contributed by atoms with van der Waals surface area (Å²) in [6, 6.07) is 31.2. The van der Waals surface area contributed by atoms with Crippen LogP contribution in [0.15, 0.2) is 147 Å². The van der Waals surface area contributed by atoms with E-state index in [-0.39, 0.29) is 0 Å². The van der Waals surface area contributed by atoms with Crippen molar-refractivity contribution in [3.63, 3.8) is 0 Å². The fraction of sp³-hybridized carbons (Fsp3) is 0.364. The third kappa shape index (κ3) is 22.6. The fourth-order valence-electron chi connectivity index (χ4n) is 12.2.